The van der Waals surface area contributed by atoms with Crippen molar-refractivity contribution in [1.82, 2.24) is 4.57 Å². The summed E-state index contributed by atoms with van der Waals surface area (Å²) >= 11 is 1.71. The molecule has 0 aliphatic heterocycles. The topological polar surface area (TPSA) is 34.0 Å². The molecule has 3 aromatic rings. The molecule has 124 valence electrons. The number of fused-ring (bicyclic) bond motifs is 1. The maximum absolute atomic E-state index is 12.9. The summed E-state index contributed by atoms with van der Waals surface area (Å²) in [4.78, 5) is 12.9. The summed E-state index contributed by atoms with van der Waals surface area (Å²) in [5.74, 6) is -0.00505. The summed E-state index contributed by atoms with van der Waals surface area (Å²) in [5.41, 5.74) is 4.14. The van der Waals surface area contributed by atoms with Gasteiger partial charge in [0.1, 0.15) is 5.69 Å². The molecule has 0 spiro atoms. The van der Waals surface area contributed by atoms with E-state index in [2.05, 4.69) is 40.4 Å². The first-order valence-electron chi connectivity index (χ1n) is 8.75. The zero-order valence-corrected chi connectivity index (χ0v) is 14.7. The smallest absolute Gasteiger partial charge is 0.272 e. The third kappa shape index (κ3) is 2.75. The summed E-state index contributed by atoms with van der Waals surface area (Å²) in [6, 6.07) is 12.8. The van der Waals surface area contributed by atoms with Crippen molar-refractivity contribution in [1.29, 1.82) is 0 Å². The molecule has 1 saturated carbocycles. The highest BCUT2D eigenvalue weighted by Gasteiger charge is 2.25. The van der Waals surface area contributed by atoms with E-state index in [0.29, 0.717) is 6.04 Å². The van der Waals surface area contributed by atoms with Gasteiger partial charge in [-0.25, -0.2) is 0 Å². The van der Waals surface area contributed by atoms with E-state index >= 15 is 0 Å². The van der Waals surface area contributed by atoms with E-state index in [9.17, 15) is 4.79 Å². The van der Waals surface area contributed by atoms with Gasteiger partial charge in [0.25, 0.3) is 5.91 Å². The Hall–Kier alpha value is -2.07. The molecule has 1 aliphatic carbocycles. The van der Waals surface area contributed by atoms with Crippen molar-refractivity contribution in [3.63, 3.8) is 0 Å². The fourth-order valence-corrected chi connectivity index (χ4v) is 4.50. The third-order valence-electron chi connectivity index (χ3n) is 5.00. The molecule has 1 aromatic carbocycles. The number of amides is 1. The number of carbonyl (C=O) groups is 1. The van der Waals surface area contributed by atoms with Gasteiger partial charge >= 0.3 is 0 Å². The lowest BCUT2D eigenvalue weighted by atomic mass is 10.1. The molecular formula is C20H22N2OS. The van der Waals surface area contributed by atoms with Gasteiger partial charge in [0.15, 0.2) is 0 Å². The van der Waals surface area contributed by atoms with E-state index in [1.807, 2.05) is 18.2 Å². The van der Waals surface area contributed by atoms with E-state index in [4.69, 9.17) is 0 Å². The number of carbonyl (C=O) groups excluding carboxylic acids is 1. The van der Waals surface area contributed by atoms with Crippen LogP contribution in [0.3, 0.4) is 0 Å². The van der Waals surface area contributed by atoms with Crippen LogP contribution in [0.5, 0.6) is 0 Å². The van der Waals surface area contributed by atoms with Gasteiger partial charge in [0, 0.05) is 11.7 Å². The fraction of sp³-hybridized carbons (Fsp3) is 0.350. The molecule has 0 bridgehead atoms. The lowest BCUT2D eigenvalue weighted by molar-refractivity contribution is 0.101. The van der Waals surface area contributed by atoms with E-state index in [1.54, 1.807) is 11.3 Å². The van der Waals surface area contributed by atoms with Crippen LogP contribution < -0.4 is 5.32 Å². The van der Waals surface area contributed by atoms with Crippen LogP contribution in [0.4, 0.5) is 5.69 Å². The van der Waals surface area contributed by atoms with Gasteiger partial charge in [-0.2, -0.15) is 0 Å². The quantitative estimate of drug-likeness (QED) is 0.657. The molecule has 0 unspecified atom stereocenters. The summed E-state index contributed by atoms with van der Waals surface area (Å²) in [5, 5.41) is 5.18. The number of aryl methyl sites for hydroxylation is 1. The summed E-state index contributed by atoms with van der Waals surface area (Å²) in [6.45, 7) is 2.13. The monoisotopic (exact) mass is 338 g/mol. The molecule has 2 aromatic heterocycles. The molecule has 2 heterocycles. The molecular weight excluding hydrogens is 316 g/mol. The number of aromatic nitrogens is 1. The van der Waals surface area contributed by atoms with Crippen LogP contribution in [-0.4, -0.2) is 10.5 Å². The van der Waals surface area contributed by atoms with Gasteiger partial charge in [-0.05, 0) is 54.5 Å². The largest absolute Gasteiger partial charge is 0.333 e. The number of anilines is 1. The zero-order valence-electron chi connectivity index (χ0n) is 13.9. The Bertz CT molecular complexity index is 854. The van der Waals surface area contributed by atoms with Crippen LogP contribution in [0.15, 0.2) is 41.8 Å². The predicted molar refractivity (Wildman–Crippen MR) is 101 cm³/mol. The van der Waals surface area contributed by atoms with Crippen molar-refractivity contribution in [3.05, 3.63) is 53.0 Å². The summed E-state index contributed by atoms with van der Waals surface area (Å²) in [6.07, 6.45) is 5.87. The summed E-state index contributed by atoms with van der Waals surface area (Å²) < 4.78 is 3.47. The van der Waals surface area contributed by atoms with E-state index in [1.165, 1.54) is 41.5 Å². The van der Waals surface area contributed by atoms with Crippen molar-refractivity contribution in [2.24, 2.45) is 0 Å². The Kier molecular flexibility index (Phi) is 4.15. The average molecular weight is 338 g/mol. The second kappa shape index (κ2) is 6.44. The first-order chi connectivity index (χ1) is 11.8. The zero-order chi connectivity index (χ0) is 16.5. The lowest BCUT2D eigenvalue weighted by Gasteiger charge is -2.17. The predicted octanol–water partition coefficient (Wildman–Crippen LogP) is 5.63. The number of hydrogen-bond acceptors (Lipinski definition) is 2. The van der Waals surface area contributed by atoms with Gasteiger partial charge in [-0.1, -0.05) is 31.9 Å². The van der Waals surface area contributed by atoms with Crippen molar-refractivity contribution >= 4 is 33.1 Å². The molecule has 4 heteroatoms. The minimum Gasteiger partial charge on any atom is -0.333 e. The molecule has 0 atom stereocenters. The maximum Gasteiger partial charge on any atom is 0.272 e. The van der Waals surface area contributed by atoms with Gasteiger partial charge in [0.2, 0.25) is 0 Å². The van der Waals surface area contributed by atoms with Gasteiger partial charge in [-0.3, -0.25) is 4.79 Å². The molecule has 1 N–H and O–H groups in total. The highest BCUT2D eigenvalue weighted by Crippen LogP contribution is 2.36. The molecule has 0 radical (unpaired) electrons. The molecule has 1 fully saturated rings. The molecule has 1 amide bonds. The van der Waals surface area contributed by atoms with Crippen LogP contribution in [-0.2, 0) is 6.42 Å². The normalized spacial score (nSPS) is 15.2. The van der Waals surface area contributed by atoms with Crippen LogP contribution in [0.2, 0.25) is 0 Å². The second-order valence-electron chi connectivity index (χ2n) is 6.51. The molecule has 3 nitrogen and oxygen atoms in total. The first-order valence-corrected chi connectivity index (χ1v) is 9.63. The van der Waals surface area contributed by atoms with Crippen LogP contribution in [0.1, 0.15) is 54.7 Å². The highest BCUT2D eigenvalue weighted by molar-refractivity contribution is 7.17. The number of nitrogens with zero attached hydrogens (tertiary/aromatic N) is 1. The Morgan fingerprint density at radius 2 is 1.96 bits per heavy atom. The fourth-order valence-electron chi connectivity index (χ4n) is 3.69. The number of nitrogens with one attached hydrogen (secondary N) is 1. The summed E-state index contributed by atoms with van der Waals surface area (Å²) in [7, 11) is 0. The molecule has 0 saturated heterocycles. The Balaban J connectivity index is 1.65. The Morgan fingerprint density at radius 3 is 2.67 bits per heavy atom. The average Bonchev–Trinajstić information content (AvgIpc) is 3.31. The first kappa shape index (κ1) is 15.5. The van der Waals surface area contributed by atoms with Crippen molar-refractivity contribution < 1.29 is 4.79 Å². The SMILES string of the molecule is CCc1ccc(NC(=O)c2cc3sccc3n2C2CCCC2)cc1. The van der Waals surface area contributed by atoms with E-state index < -0.39 is 0 Å². The highest BCUT2D eigenvalue weighted by atomic mass is 32.1. The standard InChI is InChI=1S/C20H22N2OS/c1-2-14-7-9-15(10-8-14)21-20(23)18-13-19-17(11-12-24-19)22(18)16-5-3-4-6-16/h7-13,16H,2-6H2,1H3,(H,21,23). The number of benzene rings is 1. The van der Waals surface area contributed by atoms with Gasteiger partial charge in [0.05, 0.1) is 10.2 Å². The second-order valence-corrected chi connectivity index (χ2v) is 7.46. The minimum absolute atomic E-state index is 0.00505. The molecule has 4 rings (SSSR count). The van der Waals surface area contributed by atoms with Gasteiger partial charge in [-0.15, -0.1) is 11.3 Å². The van der Waals surface area contributed by atoms with E-state index in [-0.39, 0.29) is 5.91 Å². The van der Waals surface area contributed by atoms with Crippen molar-refractivity contribution in [2.75, 3.05) is 5.32 Å². The minimum atomic E-state index is -0.00505. The van der Waals surface area contributed by atoms with Gasteiger partial charge < -0.3 is 9.88 Å². The number of thiophene rings is 1. The van der Waals surface area contributed by atoms with Crippen LogP contribution in [0, 0.1) is 0 Å². The van der Waals surface area contributed by atoms with Crippen LogP contribution >= 0.6 is 11.3 Å². The molecule has 24 heavy (non-hydrogen) atoms. The number of rotatable bonds is 4. The third-order valence-corrected chi connectivity index (χ3v) is 5.86. The van der Waals surface area contributed by atoms with Crippen LogP contribution in [0.25, 0.3) is 10.2 Å². The van der Waals surface area contributed by atoms with Crippen molar-refractivity contribution in [2.45, 2.75) is 45.1 Å². The molecule has 1 aliphatic rings. The maximum atomic E-state index is 12.9. The Labute approximate surface area is 146 Å². The Morgan fingerprint density at radius 1 is 1.21 bits per heavy atom. The lowest BCUT2D eigenvalue weighted by Crippen LogP contribution is -2.19. The van der Waals surface area contributed by atoms with E-state index in [0.717, 1.165) is 17.8 Å². The van der Waals surface area contributed by atoms with Crippen molar-refractivity contribution in [3.8, 4) is 0 Å². The number of hydrogen-bond donors (Lipinski definition) is 1.